The van der Waals surface area contributed by atoms with Crippen LogP contribution >= 0.6 is 0 Å². The van der Waals surface area contributed by atoms with Gasteiger partial charge in [-0.1, -0.05) is 20.8 Å². The largest absolute Gasteiger partial charge is 0.465 e. The van der Waals surface area contributed by atoms with Crippen molar-refractivity contribution in [3.05, 3.63) is 0 Å². The number of rotatable bonds is 7. The summed E-state index contributed by atoms with van der Waals surface area (Å²) in [6, 6.07) is 0. The van der Waals surface area contributed by atoms with Gasteiger partial charge in [0.2, 0.25) is 5.92 Å². The Morgan fingerprint density at radius 2 is 1.33 bits per heavy atom. The molecular formula is C13H22O5. The molecule has 0 atom stereocenters. The van der Waals surface area contributed by atoms with Gasteiger partial charge < -0.3 is 9.47 Å². The third-order valence-electron chi connectivity index (χ3n) is 2.86. The third-order valence-corrected chi connectivity index (χ3v) is 2.86. The molecule has 0 saturated carbocycles. The lowest BCUT2D eigenvalue weighted by Crippen LogP contribution is -2.41. The molecule has 0 saturated heterocycles. The van der Waals surface area contributed by atoms with Crippen molar-refractivity contribution in [3.8, 4) is 0 Å². The van der Waals surface area contributed by atoms with Crippen LogP contribution in [0.1, 0.15) is 41.0 Å². The highest BCUT2D eigenvalue weighted by atomic mass is 16.6. The zero-order valence-corrected chi connectivity index (χ0v) is 11.7. The molecule has 104 valence electrons. The highest BCUT2D eigenvalue weighted by molar-refractivity contribution is 6.16. The highest BCUT2D eigenvalue weighted by Gasteiger charge is 2.43. The monoisotopic (exact) mass is 258 g/mol. The van der Waals surface area contributed by atoms with Crippen molar-refractivity contribution in [1.82, 2.24) is 0 Å². The van der Waals surface area contributed by atoms with E-state index in [0.717, 1.165) is 0 Å². The molecule has 0 spiro atoms. The average Bonchev–Trinajstić information content (AvgIpc) is 2.29. The van der Waals surface area contributed by atoms with E-state index in [4.69, 9.17) is 9.47 Å². The van der Waals surface area contributed by atoms with E-state index in [-0.39, 0.29) is 13.2 Å². The average molecular weight is 258 g/mol. The molecule has 0 N–H and O–H groups in total. The van der Waals surface area contributed by atoms with Crippen molar-refractivity contribution in [3.63, 3.8) is 0 Å². The van der Waals surface area contributed by atoms with Gasteiger partial charge in [-0.3, -0.25) is 14.4 Å². The van der Waals surface area contributed by atoms with E-state index in [1.165, 1.54) is 0 Å². The minimum atomic E-state index is -1.47. The standard InChI is InChI=1S/C13H22O5/c1-6-13(4,5)10(14)9(11(15)17-7-2)12(16)18-8-3/h9H,6-8H2,1-5H3. The van der Waals surface area contributed by atoms with Crippen LogP contribution in [0, 0.1) is 11.3 Å². The zero-order chi connectivity index (χ0) is 14.3. The van der Waals surface area contributed by atoms with E-state index in [0.29, 0.717) is 6.42 Å². The van der Waals surface area contributed by atoms with Gasteiger partial charge in [0.1, 0.15) is 0 Å². The summed E-state index contributed by atoms with van der Waals surface area (Å²) in [4.78, 5) is 35.7. The molecule has 18 heavy (non-hydrogen) atoms. The van der Waals surface area contributed by atoms with E-state index in [1.807, 2.05) is 6.92 Å². The molecule has 0 radical (unpaired) electrons. The van der Waals surface area contributed by atoms with E-state index in [2.05, 4.69) is 0 Å². The van der Waals surface area contributed by atoms with Crippen molar-refractivity contribution >= 4 is 17.7 Å². The first-order valence-corrected chi connectivity index (χ1v) is 6.19. The summed E-state index contributed by atoms with van der Waals surface area (Å²) in [6.07, 6.45) is 0.529. The summed E-state index contributed by atoms with van der Waals surface area (Å²) in [5.74, 6) is -3.59. The molecule has 0 heterocycles. The summed E-state index contributed by atoms with van der Waals surface area (Å²) < 4.78 is 9.54. The predicted molar refractivity (Wildman–Crippen MR) is 65.8 cm³/mol. The Bertz CT molecular complexity index is 301. The van der Waals surface area contributed by atoms with Crippen LogP contribution in [0.5, 0.6) is 0 Å². The summed E-state index contributed by atoms with van der Waals surface area (Å²) in [7, 11) is 0. The lowest BCUT2D eigenvalue weighted by molar-refractivity contribution is -0.166. The Kier molecular flexibility index (Phi) is 6.58. The quantitative estimate of drug-likeness (QED) is 0.514. The molecular weight excluding hydrogens is 236 g/mol. The molecule has 0 amide bonds. The first-order valence-electron chi connectivity index (χ1n) is 6.19. The fraction of sp³-hybridized carbons (Fsp3) is 0.769. The van der Waals surface area contributed by atoms with Crippen molar-refractivity contribution in [1.29, 1.82) is 0 Å². The summed E-state index contributed by atoms with van der Waals surface area (Å²) >= 11 is 0. The Labute approximate surface area is 108 Å². The number of hydrogen-bond acceptors (Lipinski definition) is 5. The molecule has 5 heteroatoms. The van der Waals surface area contributed by atoms with Crippen LogP contribution in [0.2, 0.25) is 0 Å². The van der Waals surface area contributed by atoms with Crippen molar-refractivity contribution in [2.24, 2.45) is 11.3 Å². The van der Waals surface area contributed by atoms with Gasteiger partial charge in [0.05, 0.1) is 13.2 Å². The maximum absolute atomic E-state index is 12.2. The summed E-state index contributed by atoms with van der Waals surface area (Å²) in [5, 5.41) is 0. The Balaban J connectivity index is 5.15. The molecule has 0 aliphatic heterocycles. The summed E-state index contributed by atoms with van der Waals surface area (Å²) in [6.45, 7) is 8.70. The van der Waals surface area contributed by atoms with E-state index >= 15 is 0 Å². The van der Waals surface area contributed by atoms with Gasteiger partial charge in [0.15, 0.2) is 5.78 Å². The van der Waals surface area contributed by atoms with Gasteiger partial charge in [-0.2, -0.15) is 0 Å². The lowest BCUT2D eigenvalue weighted by atomic mass is 9.79. The van der Waals surface area contributed by atoms with Crippen LogP contribution in [0.4, 0.5) is 0 Å². The van der Waals surface area contributed by atoms with Crippen molar-refractivity contribution in [2.75, 3.05) is 13.2 Å². The number of Topliss-reactive ketones (excluding diaryl/α,β-unsaturated/α-hetero) is 1. The highest BCUT2D eigenvalue weighted by Crippen LogP contribution is 2.26. The van der Waals surface area contributed by atoms with Crippen LogP contribution in [-0.4, -0.2) is 30.9 Å². The topological polar surface area (TPSA) is 69.7 Å². The number of ketones is 1. The maximum Gasteiger partial charge on any atom is 0.328 e. The SMILES string of the molecule is CCOC(=O)C(C(=O)OCC)C(=O)C(C)(C)CC. The van der Waals surface area contributed by atoms with Crippen molar-refractivity contribution in [2.45, 2.75) is 41.0 Å². The second-order valence-corrected chi connectivity index (χ2v) is 4.54. The second-order valence-electron chi connectivity index (χ2n) is 4.54. The molecule has 0 aromatic heterocycles. The Hall–Kier alpha value is -1.39. The zero-order valence-electron chi connectivity index (χ0n) is 11.7. The molecule has 0 aromatic rings. The molecule has 0 bridgehead atoms. The number of carbonyl (C=O) groups is 3. The van der Waals surface area contributed by atoms with Crippen LogP contribution < -0.4 is 0 Å². The Morgan fingerprint density at radius 3 is 1.61 bits per heavy atom. The molecule has 0 fully saturated rings. The fourth-order valence-electron chi connectivity index (χ4n) is 1.33. The minimum absolute atomic E-state index is 0.120. The number of ether oxygens (including phenoxy) is 2. The smallest absolute Gasteiger partial charge is 0.328 e. The normalized spacial score (nSPS) is 11.2. The minimum Gasteiger partial charge on any atom is -0.465 e. The van der Waals surface area contributed by atoms with Crippen LogP contribution in [0.3, 0.4) is 0 Å². The van der Waals surface area contributed by atoms with Crippen LogP contribution in [0.25, 0.3) is 0 Å². The summed E-state index contributed by atoms with van der Waals surface area (Å²) in [5.41, 5.74) is -0.760. The third kappa shape index (κ3) is 4.13. The van der Waals surface area contributed by atoms with E-state index in [9.17, 15) is 14.4 Å². The predicted octanol–water partition coefficient (Wildman–Crippen LogP) is 1.73. The van der Waals surface area contributed by atoms with Gasteiger partial charge >= 0.3 is 11.9 Å². The molecule has 5 nitrogen and oxygen atoms in total. The van der Waals surface area contributed by atoms with Crippen LogP contribution in [-0.2, 0) is 23.9 Å². The molecule has 0 unspecified atom stereocenters. The van der Waals surface area contributed by atoms with Gasteiger partial charge in [-0.15, -0.1) is 0 Å². The van der Waals surface area contributed by atoms with Crippen LogP contribution in [0.15, 0.2) is 0 Å². The first kappa shape index (κ1) is 16.6. The fourth-order valence-corrected chi connectivity index (χ4v) is 1.33. The van der Waals surface area contributed by atoms with E-state index in [1.54, 1.807) is 27.7 Å². The van der Waals surface area contributed by atoms with Gasteiger partial charge in [-0.25, -0.2) is 0 Å². The molecule has 0 rings (SSSR count). The van der Waals surface area contributed by atoms with Gasteiger partial charge in [-0.05, 0) is 20.3 Å². The van der Waals surface area contributed by atoms with Gasteiger partial charge in [0.25, 0.3) is 0 Å². The molecule has 0 aliphatic rings. The Morgan fingerprint density at radius 1 is 0.944 bits per heavy atom. The van der Waals surface area contributed by atoms with E-state index < -0.39 is 29.1 Å². The first-order chi connectivity index (χ1) is 8.31. The number of carbonyl (C=O) groups excluding carboxylic acids is 3. The van der Waals surface area contributed by atoms with Crippen molar-refractivity contribution < 1.29 is 23.9 Å². The molecule has 0 aromatic carbocycles. The number of esters is 2. The maximum atomic E-state index is 12.2. The van der Waals surface area contributed by atoms with Gasteiger partial charge in [0, 0.05) is 5.41 Å². The lowest BCUT2D eigenvalue weighted by Gasteiger charge is -2.24. The second kappa shape index (κ2) is 7.13. The molecule has 0 aliphatic carbocycles. The number of hydrogen-bond donors (Lipinski definition) is 0.